The van der Waals surface area contributed by atoms with Crippen LogP contribution in [0.4, 0.5) is 8.78 Å². The molecule has 1 aromatic heterocycles. The van der Waals surface area contributed by atoms with Crippen LogP contribution in [0.3, 0.4) is 0 Å². The van der Waals surface area contributed by atoms with Gasteiger partial charge in [-0.1, -0.05) is 48.5 Å². The van der Waals surface area contributed by atoms with Crippen LogP contribution in [-0.2, 0) is 30.2 Å². The van der Waals surface area contributed by atoms with Crippen molar-refractivity contribution in [1.29, 1.82) is 0 Å². The summed E-state index contributed by atoms with van der Waals surface area (Å²) in [5.41, 5.74) is 4.41. The molecule has 0 amide bonds. The summed E-state index contributed by atoms with van der Waals surface area (Å²) in [5.74, 6) is 1.61. The van der Waals surface area contributed by atoms with Crippen LogP contribution in [0.15, 0.2) is 18.2 Å². The Labute approximate surface area is 263 Å². The van der Waals surface area contributed by atoms with Gasteiger partial charge in [0.1, 0.15) is 25.2 Å². The number of fused-ring (bicyclic) bond motifs is 6. The largest absolute Gasteiger partial charge is 0.377 e. The zero-order valence-electron chi connectivity index (χ0n) is 28.4. The Morgan fingerprint density at radius 2 is 1.66 bits per heavy atom. The summed E-state index contributed by atoms with van der Waals surface area (Å²) in [6, 6.07) is 3.92. The van der Waals surface area contributed by atoms with Crippen molar-refractivity contribution in [3.8, 4) is 0 Å². The van der Waals surface area contributed by atoms with E-state index in [9.17, 15) is 8.78 Å². The molecule has 0 unspecified atom stereocenters. The van der Waals surface area contributed by atoms with Gasteiger partial charge in [0.25, 0.3) is 0 Å². The van der Waals surface area contributed by atoms with Crippen molar-refractivity contribution in [3.63, 3.8) is 0 Å². The van der Waals surface area contributed by atoms with Crippen LogP contribution < -0.4 is 4.68 Å². The highest BCUT2D eigenvalue weighted by molar-refractivity contribution is 5.30. The molecule has 0 spiro atoms. The molecule has 0 N–H and O–H groups in total. The fourth-order valence-corrected chi connectivity index (χ4v) is 13.7. The van der Waals surface area contributed by atoms with Gasteiger partial charge < -0.3 is 4.74 Å². The molecule has 1 saturated heterocycles. The van der Waals surface area contributed by atoms with Crippen molar-refractivity contribution >= 4 is 0 Å². The van der Waals surface area contributed by atoms with Crippen LogP contribution in [0.5, 0.6) is 0 Å². The maximum atomic E-state index is 14.8. The van der Waals surface area contributed by atoms with Crippen molar-refractivity contribution in [2.75, 3.05) is 6.61 Å². The Balaban J connectivity index is 1.17. The van der Waals surface area contributed by atoms with Crippen LogP contribution in [0.2, 0.25) is 0 Å². The van der Waals surface area contributed by atoms with Gasteiger partial charge in [-0.25, -0.2) is 8.78 Å². The minimum absolute atomic E-state index is 0.108. The van der Waals surface area contributed by atoms with Gasteiger partial charge in [0, 0.05) is 23.5 Å². The van der Waals surface area contributed by atoms with E-state index in [1.54, 1.807) is 6.07 Å². The lowest BCUT2D eigenvalue weighted by atomic mass is 9.31. The number of hydrogen-bond acceptors (Lipinski definition) is 2. The van der Waals surface area contributed by atoms with Gasteiger partial charge in [-0.15, -0.1) is 9.36 Å². The van der Waals surface area contributed by atoms with Gasteiger partial charge >= 0.3 is 0 Å². The van der Waals surface area contributed by atoms with E-state index in [4.69, 9.17) is 9.95 Å². The van der Waals surface area contributed by atoms with E-state index in [1.165, 1.54) is 68.8 Å². The third kappa shape index (κ3) is 3.53. The predicted octanol–water partition coefficient (Wildman–Crippen LogP) is 7.94. The molecule has 5 aliphatic carbocycles. The lowest BCUT2D eigenvalue weighted by Gasteiger charge is -2.72. The lowest BCUT2D eigenvalue weighted by Crippen LogP contribution is -2.68. The Morgan fingerprint density at radius 1 is 0.909 bits per heavy atom. The van der Waals surface area contributed by atoms with Crippen molar-refractivity contribution < 1.29 is 18.2 Å². The molecule has 4 nitrogen and oxygen atoms in total. The second-order valence-corrected chi connectivity index (χ2v) is 18.4. The number of aryl methyl sites for hydroxylation is 1. The van der Waals surface area contributed by atoms with Crippen LogP contribution in [0.25, 0.3) is 0 Å². The van der Waals surface area contributed by atoms with Crippen LogP contribution in [0.1, 0.15) is 117 Å². The molecule has 1 aromatic carbocycles. The van der Waals surface area contributed by atoms with Crippen molar-refractivity contribution in [3.05, 3.63) is 46.8 Å². The summed E-state index contributed by atoms with van der Waals surface area (Å²) in [7, 11) is 2.07. The SMILES string of the molecule is Cn1n[n+](Cc2ccc(F)cc2F)c2c1C[C@]1(C)[C@H]3CC[C@@H]4[C@H]5[C@H]6OC[C@@]5(CCC6(C)C)CC[C@@]4(C)[C@]3(C)CC[C@H]1C2(C)C. The molecule has 6 heteroatoms. The molecule has 240 valence electrons. The van der Waals surface area contributed by atoms with Gasteiger partial charge in [0.2, 0.25) is 0 Å². The quantitative estimate of drug-likeness (QED) is 0.325. The number of rotatable bonds is 2. The summed E-state index contributed by atoms with van der Waals surface area (Å²) >= 11 is 0. The molecular formula is C38H54F2N3O+. The number of halogens is 2. The van der Waals surface area contributed by atoms with Crippen LogP contribution in [0, 0.1) is 62.4 Å². The number of nitrogens with zero attached hydrogens (tertiary/aromatic N) is 3. The Kier molecular flexibility index (Phi) is 6.02. The highest BCUT2D eigenvalue weighted by atomic mass is 19.1. The summed E-state index contributed by atoms with van der Waals surface area (Å²) in [6.07, 6.45) is 12.0. The van der Waals surface area contributed by atoms with E-state index < -0.39 is 11.6 Å². The predicted molar refractivity (Wildman–Crippen MR) is 167 cm³/mol. The van der Waals surface area contributed by atoms with E-state index in [1.807, 2.05) is 4.68 Å². The molecule has 4 saturated carbocycles. The van der Waals surface area contributed by atoms with Gasteiger partial charge in [-0.2, -0.15) is 0 Å². The van der Waals surface area contributed by atoms with Gasteiger partial charge in [0.05, 0.1) is 17.9 Å². The molecule has 1 aliphatic heterocycles. The fourth-order valence-electron chi connectivity index (χ4n) is 13.7. The van der Waals surface area contributed by atoms with E-state index in [0.717, 1.165) is 25.0 Å². The molecule has 5 fully saturated rings. The number of hydrogen-bond donors (Lipinski definition) is 0. The van der Waals surface area contributed by atoms with Crippen molar-refractivity contribution in [2.24, 2.45) is 57.8 Å². The second kappa shape index (κ2) is 8.95. The molecule has 2 bridgehead atoms. The minimum Gasteiger partial charge on any atom is -0.377 e. The zero-order chi connectivity index (χ0) is 31.2. The van der Waals surface area contributed by atoms with Crippen molar-refractivity contribution in [1.82, 2.24) is 9.90 Å². The third-order valence-electron chi connectivity index (χ3n) is 15.9. The number of benzene rings is 1. The molecule has 9 atom stereocenters. The summed E-state index contributed by atoms with van der Waals surface area (Å²) < 4.78 is 39.4. The van der Waals surface area contributed by atoms with Gasteiger partial charge in [0.15, 0.2) is 11.4 Å². The standard InChI is InChI=1S/C38H54F2N3O/c1-33(2)15-17-38-18-16-36(6)25(30(38)32(33)44-22-38)11-12-29-35(5)20-27-31(34(3,4)28(35)13-14-37(29,36)7)43(41-42(27)8)21-23-9-10-24(39)19-26(23)40/h9-10,19,25,28-30,32H,11-18,20-22H2,1-8H3/q+1/t25-,28+,29-,30+,32-,35+,36-,37-,38-/m1/s1. The maximum absolute atomic E-state index is 14.8. The second-order valence-electron chi connectivity index (χ2n) is 18.4. The average Bonchev–Trinajstić information content (AvgIpc) is 3.44. The topological polar surface area (TPSA) is 30.9 Å². The third-order valence-corrected chi connectivity index (χ3v) is 15.9. The van der Waals surface area contributed by atoms with E-state index in [2.05, 4.69) is 60.2 Å². The highest BCUT2D eigenvalue weighted by Crippen LogP contribution is 2.77. The average molecular weight is 607 g/mol. The number of ether oxygens (including phenoxy) is 1. The molecule has 0 radical (unpaired) electrons. The first-order valence-corrected chi connectivity index (χ1v) is 17.6. The first kappa shape index (κ1) is 29.6. The first-order chi connectivity index (χ1) is 20.6. The van der Waals surface area contributed by atoms with Gasteiger partial charge in [-0.3, -0.25) is 0 Å². The molecule has 2 heterocycles. The monoisotopic (exact) mass is 606 g/mol. The molecule has 8 rings (SSSR count). The minimum atomic E-state index is -0.537. The molecule has 2 aromatic rings. The highest BCUT2D eigenvalue weighted by Gasteiger charge is 2.73. The molecular weight excluding hydrogens is 552 g/mol. The van der Waals surface area contributed by atoms with E-state index >= 15 is 0 Å². The van der Waals surface area contributed by atoms with Crippen LogP contribution in [-0.4, -0.2) is 22.6 Å². The first-order valence-electron chi connectivity index (χ1n) is 17.6. The molecule has 44 heavy (non-hydrogen) atoms. The fraction of sp³-hybridized carbons (Fsp3) is 0.789. The summed E-state index contributed by atoms with van der Waals surface area (Å²) in [5, 5.41) is 4.98. The van der Waals surface area contributed by atoms with E-state index in [0.29, 0.717) is 52.2 Å². The Hall–Kier alpha value is -1.82. The van der Waals surface area contributed by atoms with E-state index in [-0.39, 0.29) is 16.2 Å². The summed E-state index contributed by atoms with van der Waals surface area (Å²) in [6.45, 7) is 19.2. The van der Waals surface area contributed by atoms with Crippen molar-refractivity contribution in [2.45, 2.75) is 124 Å². The Morgan fingerprint density at radius 3 is 2.41 bits per heavy atom. The summed E-state index contributed by atoms with van der Waals surface area (Å²) in [4.78, 5) is 0. The lowest BCUT2D eigenvalue weighted by molar-refractivity contribution is -0.757. The zero-order valence-corrected chi connectivity index (χ0v) is 28.4. The maximum Gasteiger partial charge on any atom is 0.177 e. The smallest absolute Gasteiger partial charge is 0.177 e. The van der Waals surface area contributed by atoms with Gasteiger partial charge in [-0.05, 0) is 114 Å². The molecule has 6 aliphatic rings. The van der Waals surface area contributed by atoms with Crippen LogP contribution >= 0.6 is 0 Å². The Bertz CT molecular complexity index is 1530. The number of aromatic nitrogens is 3. The normalized spacial score (nSPS) is 44.6.